The van der Waals surface area contributed by atoms with Gasteiger partial charge >= 0.3 is 0 Å². The lowest BCUT2D eigenvalue weighted by Gasteiger charge is -2.26. The Morgan fingerprint density at radius 1 is 0.893 bits per heavy atom. The molecule has 56 heavy (non-hydrogen) atoms. The highest BCUT2D eigenvalue weighted by Gasteiger charge is 2.10. The highest BCUT2D eigenvalue weighted by Crippen LogP contribution is 2.21. The van der Waals surface area contributed by atoms with Gasteiger partial charge in [-0.15, -0.1) is 6.42 Å². The summed E-state index contributed by atoms with van der Waals surface area (Å²) in [6.45, 7) is 7.49. The van der Waals surface area contributed by atoms with Crippen molar-refractivity contribution in [3.8, 4) is 125 Å². The zero-order valence-electron chi connectivity index (χ0n) is 30.1. The SMILES string of the molecule is C#CC#CC#CC#CC#CC#CC#CC#CC#CC#CC.NN=NN[N+](=O)[O-].Nc1nccc2cc(CNc3cc(OCCN4CCOCC4)ccn3)ccc12.[HH].[HH].[HH].[HH].[HH].[HH].[HH].[HH].[HH].[HH]. The molecule has 3 aromatic rings. The van der Waals surface area contributed by atoms with Crippen molar-refractivity contribution in [2.75, 3.05) is 50.5 Å². The third kappa shape index (κ3) is 20.8. The fourth-order valence-corrected chi connectivity index (χ4v) is 3.90. The van der Waals surface area contributed by atoms with Gasteiger partial charge in [0, 0.05) is 81.7 Å². The molecular weight excluding hydrogens is 709 g/mol. The van der Waals surface area contributed by atoms with Crippen molar-refractivity contribution in [2.45, 2.75) is 13.5 Å². The summed E-state index contributed by atoms with van der Waals surface area (Å²) in [5.74, 6) is 53.4. The first-order chi connectivity index (χ1) is 27.5. The van der Waals surface area contributed by atoms with Crippen LogP contribution in [0.25, 0.3) is 10.8 Å². The topological polar surface area (TPSA) is 191 Å². The number of fused-ring (bicyclic) bond motifs is 1. The van der Waals surface area contributed by atoms with E-state index in [-0.39, 0.29) is 14.3 Å². The van der Waals surface area contributed by atoms with Gasteiger partial charge in [-0.1, -0.05) is 18.1 Å². The molecule has 0 saturated carbocycles. The molecule has 0 atom stereocenters. The van der Waals surface area contributed by atoms with E-state index < -0.39 is 5.03 Å². The molecule has 0 aliphatic carbocycles. The minimum atomic E-state index is -0.879. The summed E-state index contributed by atoms with van der Waals surface area (Å²) in [7, 11) is 0. The molecule has 1 saturated heterocycles. The third-order valence-electron chi connectivity index (χ3n) is 6.23. The number of nitrogens with zero attached hydrogens (tertiary/aromatic N) is 6. The van der Waals surface area contributed by atoms with Gasteiger partial charge in [-0.2, -0.15) is 0 Å². The number of ether oxygens (including phenoxy) is 2. The van der Waals surface area contributed by atoms with Crippen molar-refractivity contribution in [1.29, 1.82) is 0 Å². The van der Waals surface area contributed by atoms with Crippen LogP contribution in [0.2, 0.25) is 0 Å². The van der Waals surface area contributed by atoms with Gasteiger partial charge in [0.05, 0.1) is 23.5 Å². The average molecular weight is 761 g/mol. The van der Waals surface area contributed by atoms with Gasteiger partial charge in [0.25, 0.3) is 0 Å². The molecule has 1 aromatic carbocycles. The Morgan fingerprint density at radius 2 is 1.48 bits per heavy atom. The van der Waals surface area contributed by atoms with Crippen LogP contribution in [0, 0.1) is 129 Å². The molecule has 0 amide bonds. The summed E-state index contributed by atoms with van der Waals surface area (Å²) in [5, 5.41) is 18.9. The largest absolute Gasteiger partial charge is 0.492 e. The lowest BCUT2D eigenvalue weighted by atomic mass is 10.1. The number of hydrogen-bond acceptors (Lipinski definition) is 11. The summed E-state index contributed by atoms with van der Waals surface area (Å²) in [4.78, 5) is 20.1. The second-order valence-electron chi connectivity index (χ2n) is 9.88. The first kappa shape index (κ1) is 43.5. The summed E-state index contributed by atoms with van der Waals surface area (Å²) in [6.07, 6.45) is 8.39. The Bertz CT molecular complexity index is 2510. The maximum absolute atomic E-state index is 9.24. The number of benzene rings is 1. The van der Waals surface area contributed by atoms with Crippen LogP contribution in [0.4, 0.5) is 11.6 Å². The van der Waals surface area contributed by atoms with Gasteiger partial charge in [0.1, 0.15) is 24.0 Å². The van der Waals surface area contributed by atoms with Crippen LogP contribution >= 0.6 is 0 Å². The van der Waals surface area contributed by atoms with Gasteiger partial charge in [-0.05, 0) is 131 Å². The summed E-state index contributed by atoms with van der Waals surface area (Å²) in [5.41, 5.74) is 8.42. The monoisotopic (exact) mass is 760 g/mol. The quantitative estimate of drug-likeness (QED) is 0.0779. The summed E-state index contributed by atoms with van der Waals surface area (Å²) in [6, 6.07) is 12.0. The molecule has 3 heterocycles. The lowest BCUT2D eigenvalue weighted by molar-refractivity contribution is -0.546. The van der Waals surface area contributed by atoms with Crippen LogP contribution in [0.15, 0.2) is 59.2 Å². The summed E-state index contributed by atoms with van der Waals surface area (Å²) >= 11 is 0. The van der Waals surface area contributed by atoms with Crippen molar-refractivity contribution >= 4 is 22.4 Å². The number of terminal acetylenes is 1. The smallest absolute Gasteiger partial charge is 0.193 e. The predicted molar refractivity (Wildman–Crippen MR) is 235 cm³/mol. The van der Waals surface area contributed by atoms with Crippen molar-refractivity contribution in [2.24, 2.45) is 16.3 Å². The van der Waals surface area contributed by atoms with Crippen molar-refractivity contribution < 1.29 is 28.8 Å². The Balaban J connectivity index is -0.000000111. The molecule has 1 fully saturated rings. The zero-order valence-corrected chi connectivity index (χ0v) is 30.1. The molecule has 1 aliphatic rings. The minimum Gasteiger partial charge on any atom is -0.492 e. The highest BCUT2D eigenvalue weighted by atomic mass is 16.7. The maximum Gasteiger partial charge on any atom is 0.193 e. The molecule has 14 nitrogen and oxygen atoms in total. The molecular formula is C42H52N10O4. The van der Waals surface area contributed by atoms with Gasteiger partial charge in [0.2, 0.25) is 0 Å². The Morgan fingerprint density at radius 3 is 2.04 bits per heavy atom. The van der Waals surface area contributed by atoms with Gasteiger partial charge in [0.15, 0.2) is 5.22 Å². The van der Waals surface area contributed by atoms with Gasteiger partial charge in [-0.25, -0.2) is 9.97 Å². The van der Waals surface area contributed by atoms with Crippen molar-refractivity contribution in [3.05, 3.63) is 64.5 Å². The molecule has 0 bridgehead atoms. The minimum absolute atomic E-state index is 0. The van der Waals surface area contributed by atoms with Gasteiger partial charge < -0.3 is 30.6 Å². The number of morpholine rings is 1. The molecule has 0 unspecified atom stereocenters. The van der Waals surface area contributed by atoms with Crippen LogP contribution < -0.4 is 27.2 Å². The summed E-state index contributed by atoms with van der Waals surface area (Å²) < 4.78 is 11.3. The van der Waals surface area contributed by atoms with Crippen LogP contribution in [0.5, 0.6) is 5.75 Å². The van der Waals surface area contributed by atoms with E-state index >= 15 is 0 Å². The number of hydrogen-bond donors (Lipinski definition) is 4. The molecule has 294 valence electrons. The fraction of sp³-hybridized carbons (Fsp3) is 0.190. The van der Waals surface area contributed by atoms with Crippen LogP contribution in [-0.4, -0.2) is 59.4 Å². The fourth-order valence-electron chi connectivity index (χ4n) is 3.90. The van der Waals surface area contributed by atoms with Crippen LogP contribution in [-0.2, 0) is 11.3 Å². The normalized spacial score (nSPS) is 10.0. The number of nitro groups is 1. The zero-order chi connectivity index (χ0) is 40.3. The number of rotatable bonds is 9. The molecule has 2 aromatic heterocycles. The van der Waals surface area contributed by atoms with E-state index in [4.69, 9.17) is 21.6 Å². The van der Waals surface area contributed by atoms with Crippen LogP contribution in [0.1, 0.15) is 26.8 Å². The number of pyridine rings is 2. The molecule has 1 aliphatic heterocycles. The molecule has 14 heteroatoms. The van der Waals surface area contributed by atoms with E-state index in [0.29, 0.717) is 19.0 Å². The Labute approximate surface area is 340 Å². The van der Waals surface area contributed by atoms with E-state index in [9.17, 15) is 10.1 Å². The highest BCUT2D eigenvalue weighted by molar-refractivity contribution is 5.91. The Kier molecular flexibility index (Phi) is 22.5. The van der Waals surface area contributed by atoms with E-state index in [1.54, 1.807) is 19.3 Å². The lowest BCUT2D eigenvalue weighted by Crippen LogP contribution is -2.38. The number of nitrogens with two attached hydrogens (primary N) is 2. The van der Waals surface area contributed by atoms with E-state index in [0.717, 1.165) is 60.8 Å². The van der Waals surface area contributed by atoms with E-state index in [1.807, 2.05) is 24.3 Å². The number of nitrogens with one attached hydrogen (secondary N) is 2. The average Bonchev–Trinajstić information content (AvgIpc) is 3.21. The third-order valence-corrected chi connectivity index (χ3v) is 6.23. The second-order valence-corrected chi connectivity index (χ2v) is 9.88. The standard InChI is InChI=1S/C21H25N5O2.C21H4.H3N5O2.10H2/c22-21-19-2-1-16(13-17(19)3-5-24-21)15-25-20-14-18(4-6-23-20)28-12-9-26-7-10-27-11-8-26;1-3-5-7-9-11-13-15-17-19-21-20-18-16-14-12-10-8-6-4-2;1-2-3-4-5(6)7;;;;;;;;;;/h1-6,13-14H,7-12,15H2,(H2,22,24)(H,23,25);1H,2H3;(H2,1,3)(H,2,4);10*1H. The molecule has 0 spiro atoms. The number of aromatic nitrogens is 2. The Hall–Kier alpha value is -8.70. The van der Waals surface area contributed by atoms with Crippen molar-refractivity contribution in [1.82, 2.24) is 20.4 Å². The first-order valence-corrected chi connectivity index (χ1v) is 16.1. The molecule has 6 N–H and O–H groups in total. The molecule has 0 radical (unpaired) electrons. The number of anilines is 2. The number of nitrogen functional groups attached to an aromatic ring is 1. The van der Waals surface area contributed by atoms with Crippen LogP contribution in [0.3, 0.4) is 0 Å². The van der Waals surface area contributed by atoms with E-state index in [1.165, 1.54) is 5.53 Å². The predicted octanol–water partition coefficient (Wildman–Crippen LogP) is 4.67. The van der Waals surface area contributed by atoms with Crippen molar-refractivity contribution in [3.63, 3.8) is 0 Å². The molecule has 4 rings (SSSR count). The van der Waals surface area contributed by atoms with E-state index in [2.05, 4.69) is 161 Å². The number of hydrazine groups is 1. The first-order valence-electron chi connectivity index (χ1n) is 16.1. The maximum atomic E-state index is 9.24. The van der Waals surface area contributed by atoms with Gasteiger partial charge in [-0.3, -0.25) is 10.7 Å². The second kappa shape index (κ2) is 28.9.